The van der Waals surface area contributed by atoms with Crippen LogP contribution in [0.2, 0.25) is 0 Å². The van der Waals surface area contributed by atoms with E-state index < -0.39 is 36.3 Å². The Bertz CT molecular complexity index is 536. The topological polar surface area (TPSA) is 142 Å². The van der Waals surface area contributed by atoms with E-state index in [1.807, 2.05) is 0 Å². The summed E-state index contributed by atoms with van der Waals surface area (Å²) in [5.41, 5.74) is 0. The maximum absolute atomic E-state index is 11.6. The highest BCUT2D eigenvalue weighted by Gasteiger charge is 2.19. The van der Waals surface area contributed by atoms with Gasteiger partial charge in [-0.1, -0.05) is 0 Å². The van der Waals surface area contributed by atoms with Gasteiger partial charge in [0.15, 0.2) is 12.2 Å². The van der Waals surface area contributed by atoms with E-state index in [-0.39, 0.29) is 39.6 Å². The molecular formula is C19H32O12. The first kappa shape index (κ1) is 28.6. The van der Waals surface area contributed by atoms with E-state index in [0.717, 1.165) is 0 Å². The summed E-state index contributed by atoms with van der Waals surface area (Å²) in [4.78, 5) is 44.8. The normalized spacial score (nSPS) is 12.4. The van der Waals surface area contributed by atoms with Gasteiger partial charge in [-0.05, 0) is 20.8 Å². The minimum atomic E-state index is -1.07. The second-order valence-electron chi connectivity index (χ2n) is 5.87. The van der Waals surface area contributed by atoms with Crippen LogP contribution in [-0.2, 0) is 52.3 Å². The fourth-order valence-corrected chi connectivity index (χ4v) is 1.82. The first-order chi connectivity index (χ1) is 14.8. The van der Waals surface area contributed by atoms with Gasteiger partial charge >= 0.3 is 24.1 Å². The molecule has 0 saturated carbocycles. The third-order valence-electron chi connectivity index (χ3n) is 3.23. The lowest BCUT2D eigenvalue weighted by atomic mass is 10.4. The molecule has 0 aliphatic carbocycles. The minimum Gasteiger partial charge on any atom is -0.461 e. The molecule has 180 valence electrons. The molecule has 0 radical (unpaired) electrons. The second kappa shape index (κ2) is 18.3. The molecule has 12 heteroatoms. The third-order valence-corrected chi connectivity index (χ3v) is 3.23. The number of carbonyl (C=O) groups excluding carboxylic acids is 4. The number of hydrogen-bond acceptors (Lipinski definition) is 12. The summed E-state index contributed by atoms with van der Waals surface area (Å²) >= 11 is 0. The molecule has 0 saturated heterocycles. The van der Waals surface area contributed by atoms with Crippen LogP contribution in [-0.4, -0.2) is 95.7 Å². The van der Waals surface area contributed by atoms with E-state index in [2.05, 4.69) is 9.47 Å². The van der Waals surface area contributed by atoms with Crippen LogP contribution in [0.3, 0.4) is 0 Å². The van der Waals surface area contributed by atoms with E-state index in [1.165, 1.54) is 20.8 Å². The number of carbonyl (C=O) groups is 4. The summed E-state index contributed by atoms with van der Waals surface area (Å²) in [6.07, 6.45) is -2.95. The van der Waals surface area contributed by atoms with E-state index in [9.17, 15) is 19.2 Å². The molecule has 2 unspecified atom stereocenters. The molecule has 0 rings (SSSR count). The predicted octanol–water partition coefficient (Wildman–Crippen LogP) is 0.636. The molecule has 0 aromatic rings. The molecule has 0 fully saturated rings. The number of rotatable bonds is 17. The van der Waals surface area contributed by atoms with Crippen molar-refractivity contribution >= 4 is 24.1 Å². The summed E-state index contributed by atoms with van der Waals surface area (Å²) in [6, 6.07) is 0. The molecule has 0 aromatic heterocycles. The maximum atomic E-state index is 11.6. The molecule has 0 N–H and O–H groups in total. The Kier molecular flexibility index (Phi) is 16.9. The standard InChI is InChI=1S/C19H32O12/c1-5-27-19(23)31-15(3)18(22)29-13-11-26-9-7-24-6-8-25-10-12-28-17(21)14(2)30-16(4)20/h14-15H,5-13H2,1-4H3. The maximum Gasteiger partial charge on any atom is 0.509 e. The first-order valence-corrected chi connectivity index (χ1v) is 9.85. The molecule has 0 aliphatic heterocycles. The lowest BCUT2D eigenvalue weighted by molar-refractivity contribution is -0.166. The van der Waals surface area contributed by atoms with Crippen molar-refractivity contribution in [2.45, 2.75) is 39.9 Å². The highest BCUT2D eigenvalue weighted by molar-refractivity contribution is 5.78. The Hall–Kier alpha value is -2.44. The second-order valence-corrected chi connectivity index (χ2v) is 5.87. The van der Waals surface area contributed by atoms with Crippen LogP contribution in [0.25, 0.3) is 0 Å². The van der Waals surface area contributed by atoms with E-state index in [1.54, 1.807) is 6.92 Å². The smallest absolute Gasteiger partial charge is 0.461 e. The van der Waals surface area contributed by atoms with Gasteiger partial charge in [-0.25, -0.2) is 14.4 Å². The monoisotopic (exact) mass is 452 g/mol. The average Bonchev–Trinajstić information content (AvgIpc) is 2.70. The van der Waals surface area contributed by atoms with Crippen molar-refractivity contribution in [2.75, 3.05) is 59.5 Å². The van der Waals surface area contributed by atoms with Gasteiger partial charge in [0, 0.05) is 6.92 Å². The SMILES string of the molecule is CCOC(=O)OC(C)C(=O)OCCOCCOCCOCCOC(=O)C(C)OC(C)=O. The summed E-state index contributed by atoms with van der Waals surface area (Å²) in [5.74, 6) is -1.89. The van der Waals surface area contributed by atoms with Crippen LogP contribution in [0.15, 0.2) is 0 Å². The van der Waals surface area contributed by atoms with Crippen LogP contribution in [0, 0.1) is 0 Å². The Morgan fingerprint density at radius 1 is 0.613 bits per heavy atom. The Balaban J connectivity index is 3.45. The molecule has 0 bridgehead atoms. The van der Waals surface area contributed by atoms with Crippen LogP contribution in [0.4, 0.5) is 4.79 Å². The fraction of sp³-hybridized carbons (Fsp3) is 0.789. The van der Waals surface area contributed by atoms with Gasteiger partial charge in [-0.3, -0.25) is 4.79 Å². The first-order valence-electron chi connectivity index (χ1n) is 9.85. The Labute approximate surface area is 181 Å². The zero-order valence-electron chi connectivity index (χ0n) is 18.4. The molecule has 0 aromatic carbocycles. The van der Waals surface area contributed by atoms with Crippen molar-refractivity contribution < 1.29 is 57.1 Å². The van der Waals surface area contributed by atoms with Crippen molar-refractivity contribution in [1.29, 1.82) is 0 Å². The largest absolute Gasteiger partial charge is 0.509 e. The molecule has 12 nitrogen and oxygen atoms in total. The lowest BCUT2D eigenvalue weighted by Crippen LogP contribution is -2.27. The van der Waals surface area contributed by atoms with Gasteiger partial charge in [-0.2, -0.15) is 0 Å². The van der Waals surface area contributed by atoms with E-state index >= 15 is 0 Å². The molecule has 0 heterocycles. The number of ether oxygens (including phenoxy) is 8. The summed E-state index contributed by atoms with van der Waals surface area (Å²) < 4.78 is 39.5. The van der Waals surface area contributed by atoms with Crippen LogP contribution in [0.1, 0.15) is 27.7 Å². The summed E-state index contributed by atoms with van der Waals surface area (Å²) in [7, 11) is 0. The van der Waals surface area contributed by atoms with Crippen molar-refractivity contribution in [3.05, 3.63) is 0 Å². The molecule has 0 aliphatic rings. The molecule has 31 heavy (non-hydrogen) atoms. The number of esters is 3. The van der Waals surface area contributed by atoms with Gasteiger partial charge in [0.25, 0.3) is 0 Å². The highest BCUT2D eigenvalue weighted by Crippen LogP contribution is 1.98. The van der Waals surface area contributed by atoms with Crippen LogP contribution < -0.4 is 0 Å². The van der Waals surface area contributed by atoms with E-state index in [0.29, 0.717) is 19.8 Å². The van der Waals surface area contributed by atoms with Gasteiger partial charge in [0.1, 0.15) is 13.2 Å². The minimum absolute atomic E-state index is 0.00721. The van der Waals surface area contributed by atoms with Crippen molar-refractivity contribution in [3.8, 4) is 0 Å². The molecular weight excluding hydrogens is 420 g/mol. The van der Waals surface area contributed by atoms with E-state index in [4.69, 9.17) is 28.4 Å². The lowest BCUT2D eigenvalue weighted by Gasteiger charge is -2.12. The third kappa shape index (κ3) is 17.0. The molecule has 0 spiro atoms. The van der Waals surface area contributed by atoms with Crippen molar-refractivity contribution in [3.63, 3.8) is 0 Å². The quantitative estimate of drug-likeness (QED) is 0.173. The van der Waals surface area contributed by atoms with Crippen LogP contribution in [0.5, 0.6) is 0 Å². The van der Waals surface area contributed by atoms with Gasteiger partial charge in [0.05, 0.1) is 46.2 Å². The Morgan fingerprint density at radius 2 is 1.00 bits per heavy atom. The number of hydrogen-bond donors (Lipinski definition) is 0. The van der Waals surface area contributed by atoms with Gasteiger partial charge in [0.2, 0.25) is 0 Å². The molecule has 2 atom stereocenters. The summed E-state index contributed by atoms with van der Waals surface area (Å²) in [6.45, 7) is 7.39. The van der Waals surface area contributed by atoms with Gasteiger partial charge < -0.3 is 37.9 Å². The van der Waals surface area contributed by atoms with Gasteiger partial charge in [-0.15, -0.1) is 0 Å². The highest BCUT2D eigenvalue weighted by atomic mass is 16.7. The van der Waals surface area contributed by atoms with Crippen molar-refractivity contribution in [1.82, 2.24) is 0 Å². The molecule has 0 amide bonds. The zero-order valence-corrected chi connectivity index (χ0v) is 18.4. The van der Waals surface area contributed by atoms with Crippen LogP contribution >= 0.6 is 0 Å². The summed E-state index contributed by atoms with van der Waals surface area (Å²) in [5, 5.41) is 0. The van der Waals surface area contributed by atoms with Crippen molar-refractivity contribution in [2.24, 2.45) is 0 Å². The zero-order chi connectivity index (χ0) is 23.5. The Morgan fingerprint density at radius 3 is 1.39 bits per heavy atom. The average molecular weight is 452 g/mol. The predicted molar refractivity (Wildman–Crippen MR) is 103 cm³/mol. The fourth-order valence-electron chi connectivity index (χ4n) is 1.82.